The number of nitrogens with one attached hydrogen (secondary N) is 2. The molecule has 9 nitrogen and oxygen atoms in total. The fourth-order valence-electron chi connectivity index (χ4n) is 2.71. The number of nitrogen functional groups attached to an aromatic ring is 1. The Morgan fingerprint density at radius 3 is 2.33 bits per heavy atom. The molecule has 0 saturated carbocycles. The number of carbonyl (C=O) groups is 3. The highest BCUT2D eigenvalue weighted by atomic mass is 16.2. The predicted octanol–water partition coefficient (Wildman–Crippen LogP) is 0.988. The zero-order valence-electron chi connectivity index (χ0n) is 16.3. The van der Waals surface area contributed by atoms with Gasteiger partial charge in [0, 0.05) is 12.1 Å². The van der Waals surface area contributed by atoms with Crippen LogP contribution in [0, 0.1) is 0 Å². The third-order valence-corrected chi connectivity index (χ3v) is 4.50. The standard InChI is InChI=1S/C21H22N6O3/c1-13(19(23)28)26-20(29)15-9-7-14(8-10-15)11-24-21(30)17-12-25-27(18(17)22)16-5-3-2-4-6-16/h2-10,12-13H,11,22H2,1H3,(H2,23,28)(H,24,30)(H,26,29)/t13-/m0/s1. The first-order chi connectivity index (χ1) is 14.4. The molecule has 0 aliphatic heterocycles. The summed E-state index contributed by atoms with van der Waals surface area (Å²) in [5.41, 5.74) is 13.4. The topological polar surface area (TPSA) is 145 Å². The highest BCUT2D eigenvalue weighted by Crippen LogP contribution is 2.17. The zero-order valence-corrected chi connectivity index (χ0v) is 16.3. The van der Waals surface area contributed by atoms with E-state index in [1.165, 1.54) is 17.8 Å². The van der Waals surface area contributed by atoms with Crippen LogP contribution in [0.3, 0.4) is 0 Å². The smallest absolute Gasteiger partial charge is 0.256 e. The van der Waals surface area contributed by atoms with Crippen LogP contribution in [-0.2, 0) is 11.3 Å². The van der Waals surface area contributed by atoms with Crippen molar-refractivity contribution in [3.05, 3.63) is 77.5 Å². The number of amides is 3. The summed E-state index contributed by atoms with van der Waals surface area (Å²) in [5, 5.41) is 9.47. The molecule has 154 valence electrons. The highest BCUT2D eigenvalue weighted by molar-refractivity contribution is 5.98. The second kappa shape index (κ2) is 8.91. The molecular weight excluding hydrogens is 384 g/mol. The third kappa shape index (κ3) is 4.64. The maximum Gasteiger partial charge on any atom is 0.256 e. The Morgan fingerprint density at radius 1 is 1.03 bits per heavy atom. The Balaban J connectivity index is 1.61. The van der Waals surface area contributed by atoms with Gasteiger partial charge in [-0.25, -0.2) is 4.68 Å². The normalized spacial score (nSPS) is 11.5. The first-order valence-electron chi connectivity index (χ1n) is 9.23. The van der Waals surface area contributed by atoms with Gasteiger partial charge in [-0.05, 0) is 36.8 Å². The van der Waals surface area contributed by atoms with Gasteiger partial charge in [-0.15, -0.1) is 0 Å². The van der Waals surface area contributed by atoms with E-state index in [-0.39, 0.29) is 23.8 Å². The highest BCUT2D eigenvalue weighted by Gasteiger charge is 2.16. The molecule has 0 saturated heterocycles. The Kier molecular flexibility index (Phi) is 6.11. The van der Waals surface area contributed by atoms with E-state index in [9.17, 15) is 14.4 Å². The lowest BCUT2D eigenvalue weighted by Gasteiger charge is -2.10. The minimum absolute atomic E-state index is 0.244. The van der Waals surface area contributed by atoms with Crippen molar-refractivity contribution in [2.45, 2.75) is 19.5 Å². The molecule has 9 heteroatoms. The van der Waals surface area contributed by atoms with Gasteiger partial charge in [-0.2, -0.15) is 5.10 Å². The number of para-hydroxylation sites is 1. The molecule has 3 rings (SSSR count). The summed E-state index contributed by atoms with van der Waals surface area (Å²) >= 11 is 0. The maximum atomic E-state index is 12.5. The predicted molar refractivity (Wildman–Crippen MR) is 112 cm³/mol. The minimum atomic E-state index is -0.765. The Morgan fingerprint density at radius 2 is 1.70 bits per heavy atom. The van der Waals surface area contributed by atoms with Crippen LogP contribution in [0.4, 0.5) is 5.82 Å². The van der Waals surface area contributed by atoms with Crippen molar-refractivity contribution < 1.29 is 14.4 Å². The number of aromatic nitrogens is 2. The fourth-order valence-corrected chi connectivity index (χ4v) is 2.71. The number of hydrogen-bond donors (Lipinski definition) is 4. The van der Waals surface area contributed by atoms with Gasteiger partial charge in [0.15, 0.2) is 0 Å². The Hall–Kier alpha value is -4.14. The summed E-state index contributed by atoms with van der Waals surface area (Å²) < 4.78 is 1.50. The van der Waals surface area contributed by atoms with Crippen molar-refractivity contribution in [3.8, 4) is 5.69 Å². The molecule has 1 atom stereocenters. The first-order valence-corrected chi connectivity index (χ1v) is 9.23. The van der Waals surface area contributed by atoms with Crippen molar-refractivity contribution >= 4 is 23.5 Å². The molecular formula is C21H22N6O3. The van der Waals surface area contributed by atoms with Gasteiger partial charge < -0.3 is 22.1 Å². The van der Waals surface area contributed by atoms with Crippen molar-refractivity contribution in [3.63, 3.8) is 0 Å². The summed E-state index contributed by atoms with van der Waals surface area (Å²) in [7, 11) is 0. The van der Waals surface area contributed by atoms with E-state index in [0.29, 0.717) is 5.56 Å². The van der Waals surface area contributed by atoms with Crippen LogP contribution in [0.2, 0.25) is 0 Å². The molecule has 0 spiro atoms. The van der Waals surface area contributed by atoms with Crippen LogP contribution < -0.4 is 22.1 Å². The van der Waals surface area contributed by atoms with E-state index >= 15 is 0 Å². The quantitative estimate of drug-likeness (QED) is 0.462. The van der Waals surface area contributed by atoms with Crippen LogP contribution in [-0.4, -0.2) is 33.5 Å². The molecule has 2 aromatic carbocycles. The fraction of sp³-hybridized carbons (Fsp3) is 0.143. The first kappa shape index (κ1) is 20.6. The molecule has 6 N–H and O–H groups in total. The van der Waals surface area contributed by atoms with Crippen molar-refractivity contribution in [2.24, 2.45) is 5.73 Å². The molecule has 30 heavy (non-hydrogen) atoms. The van der Waals surface area contributed by atoms with E-state index in [1.807, 2.05) is 30.3 Å². The molecule has 1 heterocycles. The van der Waals surface area contributed by atoms with Gasteiger partial charge >= 0.3 is 0 Å². The van der Waals surface area contributed by atoms with Crippen molar-refractivity contribution in [1.82, 2.24) is 20.4 Å². The third-order valence-electron chi connectivity index (χ3n) is 4.50. The van der Waals surface area contributed by atoms with Crippen LogP contribution in [0.1, 0.15) is 33.2 Å². The number of hydrogen-bond acceptors (Lipinski definition) is 5. The van der Waals surface area contributed by atoms with Gasteiger partial charge in [0.1, 0.15) is 17.4 Å². The molecule has 0 fully saturated rings. The van der Waals surface area contributed by atoms with E-state index in [1.54, 1.807) is 24.3 Å². The van der Waals surface area contributed by atoms with Gasteiger partial charge in [-0.3, -0.25) is 14.4 Å². The lowest BCUT2D eigenvalue weighted by molar-refractivity contribution is -0.119. The number of anilines is 1. The average molecular weight is 406 g/mol. The van der Waals surface area contributed by atoms with Crippen LogP contribution in [0.15, 0.2) is 60.8 Å². The lowest BCUT2D eigenvalue weighted by Crippen LogP contribution is -2.42. The molecule has 3 amide bonds. The molecule has 0 bridgehead atoms. The average Bonchev–Trinajstić information content (AvgIpc) is 3.14. The largest absolute Gasteiger partial charge is 0.383 e. The van der Waals surface area contributed by atoms with Crippen molar-refractivity contribution in [2.75, 3.05) is 5.73 Å². The minimum Gasteiger partial charge on any atom is -0.383 e. The number of rotatable bonds is 7. The van der Waals surface area contributed by atoms with Crippen LogP contribution >= 0.6 is 0 Å². The number of benzene rings is 2. The van der Waals surface area contributed by atoms with E-state index in [2.05, 4.69) is 15.7 Å². The molecule has 3 aromatic rings. The second-order valence-corrected chi connectivity index (χ2v) is 6.67. The Labute approximate surface area is 173 Å². The molecule has 0 aliphatic rings. The molecule has 0 radical (unpaired) electrons. The summed E-state index contributed by atoms with van der Waals surface area (Å²) in [6.07, 6.45) is 1.42. The van der Waals surface area contributed by atoms with E-state index < -0.39 is 17.9 Å². The van der Waals surface area contributed by atoms with Gasteiger partial charge in [-0.1, -0.05) is 30.3 Å². The number of nitrogens with zero attached hydrogens (tertiary/aromatic N) is 2. The maximum absolute atomic E-state index is 12.5. The van der Waals surface area contributed by atoms with Crippen molar-refractivity contribution in [1.29, 1.82) is 0 Å². The summed E-state index contributed by atoms with van der Waals surface area (Å²) in [4.78, 5) is 35.6. The summed E-state index contributed by atoms with van der Waals surface area (Å²) in [6.45, 7) is 1.75. The number of primary amides is 1. The van der Waals surface area contributed by atoms with Gasteiger partial charge in [0.05, 0.1) is 11.9 Å². The zero-order chi connectivity index (χ0) is 21.7. The molecule has 1 aromatic heterocycles. The second-order valence-electron chi connectivity index (χ2n) is 6.67. The van der Waals surface area contributed by atoms with E-state index in [0.717, 1.165) is 11.3 Å². The Bertz CT molecular complexity index is 1060. The van der Waals surface area contributed by atoms with Crippen LogP contribution in [0.5, 0.6) is 0 Å². The van der Waals surface area contributed by atoms with E-state index in [4.69, 9.17) is 11.5 Å². The van der Waals surface area contributed by atoms with Crippen LogP contribution in [0.25, 0.3) is 5.69 Å². The monoisotopic (exact) mass is 406 g/mol. The lowest BCUT2D eigenvalue weighted by atomic mass is 10.1. The molecule has 0 aliphatic carbocycles. The summed E-state index contributed by atoms with van der Waals surface area (Å²) in [5.74, 6) is -1.13. The van der Waals surface area contributed by atoms with Gasteiger partial charge in [0.25, 0.3) is 11.8 Å². The summed E-state index contributed by atoms with van der Waals surface area (Å²) in [6, 6.07) is 15.1. The number of nitrogens with two attached hydrogens (primary N) is 2. The van der Waals surface area contributed by atoms with Gasteiger partial charge in [0.2, 0.25) is 5.91 Å². The number of carbonyl (C=O) groups excluding carboxylic acids is 3. The molecule has 0 unspecified atom stereocenters. The SMILES string of the molecule is C[C@H](NC(=O)c1ccc(CNC(=O)c2cnn(-c3ccccc3)c2N)cc1)C(N)=O.